The predicted molar refractivity (Wildman–Crippen MR) is 103 cm³/mol. The number of aliphatic hydroxyl groups is 3. The molecule has 1 fully saturated rings. The average Bonchev–Trinajstić information content (AvgIpc) is 2.64. The van der Waals surface area contributed by atoms with Gasteiger partial charge in [-0.25, -0.2) is 0 Å². The summed E-state index contributed by atoms with van der Waals surface area (Å²) >= 11 is 0. The first-order chi connectivity index (χ1) is 13.2. The number of hydrogen-bond acceptors (Lipinski definition) is 6. The number of rotatable bonds is 7. The monoisotopic (exact) mass is 395 g/mol. The summed E-state index contributed by atoms with van der Waals surface area (Å²) in [4.78, 5) is 24.9. The average molecular weight is 395 g/mol. The molecule has 1 aromatic rings. The zero-order chi connectivity index (χ0) is 21.3. The van der Waals surface area contributed by atoms with Crippen molar-refractivity contribution in [2.75, 3.05) is 33.4 Å². The summed E-state index contributed by atoms with van der Waals surface area (Å²) in [6.07, 6.45) is 1.81. The SMILES string of the molecule is C[NH+](CCO)CCO.Cc1ccc(C(=O)C2(O)CCCCC2C(=O)[O-])cc1C. The van der Waals surface area contributed by atoms with Crippen LogP contribution >= 0.6 is 0 Å². The number of nitrogens with one attached hydrogen (secondary N) is 1. The van der Waals surface area contributed by atoms with E-state index in [2.05, 4.69) is 0 Å². The van der Waals surface area contributed by atoms with Crippen LogP contribution in [0.4, 0.5) is 0 Å². The fourth-order valence-corrected chi connectivity index (χ4v) is 3.38. The van der Waals surface area contributed by atoms with Crippen molar-refractivity contribution in [2.45, 2.75) is 45.1 Å². The number of benzene rings is 1. The van der Waals surface area contributed by atoms with E-state index in [0.29, 0.717) is 18.4 Å². The fourth-order valence-electron chi connectivity index (χ4n) is 3.38. The van der Waals surface area contributed by atoms with Crippen molar-refractivity contribution in [3.8, 4) is 0 Å². The van der Waals surface area contributed by atoms with E-state index in [-0.39, 0.29) is 26.1 Å². The standard InChI is InChI=1S/C16H20O4.C5H13NO2/c1-10-6-7-12(9-11(10)2)14(17)16(20)8-4-3-5-13(16)15(18)19;1-6(2-4-7)3-5-8/h6-7,9,13,20H,3-5,8H2,1-2H3,(H,18,19);7-8H,2-5H2,1H3. The van der Waals surface area contributed by atoms with Crippen molar-refractivity contribution in [1.82, 2.24) is 0 Å². The van der Waals surface area contributed by atoms with Gasteiger partial charge >= 0.3 is 0 Å². The van der Waals surface area contributed by atoms with Gasteiger partial charge in [0.25, 0.3) is 0 Å². The van der Waals surface area contributed by atoms with Crippen molar-refractivity contribution >= 4 is 11.8 Å². The number of aliphatic carboxylic acids is 1. The highest BCUT2D eigenvalue weighted by Gasteiger charge is 2.46. The quantitative estimate of drug-likeness (QED) is 0.423. The van der Waals surface area contributed by atoms with Crippen LogP contribution in [0, 0.1) is 19.8 Å². The Kier molecular flexibility index (Phi) is 9.75. The molecular formula is C21H33NO6. The molecule has 0 bridgehead atoms. The van der Waals surface area contributed by atoms with Crippen LogP contribution in [-0.4, -0.2) is 66.0 Å². The van der Waals surface area contributed by atoms with E-state index in [0.717, 1.165) is 29.1 Å². The van der Waals surface area contributed by atoms with Crippen LogP contribution in [0.1, 0.15) is 47.2 Å². The molecule has 1 aromatic carbocycles. The summed E-state index contributed by atoms with van der Waals surface area (Å²) in [5, 5.41) is 38.5. The third-order valence-corrected chi connectivity index (χ3v) is 5.40. The highest BCUT2D eigenvalue weighted by molar-refractivity contribution is 6.04. The van der Waals surface area contributed by atoms with Crippen LogP contribution in [0.25, 0.3) is 0 Å². The Morgan fingerprint density at radius 3 is 2.25 bits per heavy atom. The Morgan fingerprint density at radius 1 is 1.14 bits per heavy atom. The summed E-state index contributed by atoms with van der Waals surface area (Å²) in [5.41, 5.74) is 0.524. The number of quaternary nitrogens is 1. The zero-order valence-electron chi connectivity index (χ0n) is 17.0. The van der Waals surface area contributed by atoms with Crippen LogP contribution in [0.3, 0.4) is 0 Å². The maximum Gasteiger partial charge on any atom is 0.195 e. The lowest BCUT2D eigenvalue weighted by atomic mass is 9.71. The number of carbonyl (C=O) groups is 2. The molecule has 0 spiro atoms. The van der Waals surface area contributed by atoms with Gasteiger partial charge in [-0.2, -0.15) is 0 Å². The van der Waals surface area contributed by atoms with Crippen molar-refractivity contribution < 1.29 is 34.9 Å². The van der Waals surface area contributed by atoms with Crippen molar-refractivity contribution in [1.29, 1.82) is 0 Å². The van der Waals surface area contributed by atoms with Gasteiger partial charge in [-0.05, 0) is 43.9 Å². The second-order valence-electron chi connectivity index (χ2n) is 7.57. The third kappa shape index (κ3) is 6.38. The molecule has 1 saturated carbocycles. The Bertz CT molecular complexity index is 656. The van der Waals surface area contributed by atoms with Crippen LogP contribution in [0.15, 0.2) is 18.2 Å². The Hall–Kier alpha value is -1.80. The van der Waals surface area contributed by atoms with Crippen molar-refractivity contribution in [2.24, 2.45) is 5.92 Å². The molecule has 2 rings (SSSR count). The van der Waals surface area contributed by atoms with E-state index in [9.17, 15) is 19.8 Å². The van der Waals surface area contributed by atoms with Gasteiger partial charge in [0, 0.05) is 17.5 Å². The summed E-state index contributed by atoms with van der Waals surface area (Å²) in [5.74, 6) is -2.97. The molecule has 28 heavy (non-hydrogen) atoms. The van der Waals surface area contributed by atoms with Crippen LogP contribution in [-0.2, 0) is 4.79 Å². The molecule has 1 aliphatic carbocycles. The molecule has 4 N–H and O–H groups in total. The second-order valence-corrected chi connectivity index (χ2v) is 7.57. The normalized spacial score (nSPS) is 21.8. The van der Waals surface area contributed by atoms with Gasteiger partial charge in [-0.15, -0.1) is 0 Å². The summed E-state index contributed by atoms with van der Waals surface area (Å²) < 4.78 is 0. The molecule has 2 atom stereocenters. The number of hydrogen-bond donors (Lipinski definition) is 4. The van der Waals surface area contributed by atoms with Gasteiger partial charge in [0.1, 0.15) is 18.7 Å². The molecule has 0 aromatic heterocycles. The number of ketones is 1. The molecule has 0 aliphatic heterocycles. The van der Waals surface area contributed by atoms with Gasteiger partial charge < -0.3 is 30.1 Å². The van der Waals surface area contributed by atoms with E-state index in [4.69, 9.17) is 10.2 Å². The minimum Gasteiger partial charge on any atom is -0.550 e. The number of carbonyl (C=O) groups excluding carboxylic acids is 2. The Labute approximate surface area is 166 Å². The highest BCUT2D eigenvalue weighted by atomic mass is 16.4. The molecule has 0 saturated heterocycles. The van der Waals surface area contributed by atoms with Gasteiger partial charge in [-0.3, -0.25) is 4.79 Å². The zero-order valence-corrected chi connectivity index (χ0v) is 17.0. The molecule has 0 amide bonds. The number of Topliss-reactive ketones (excluding diaryl/α,β-unsaturated/α-hetero) is 1. The lowest BCUT2D eigenvalue weighted by Gasteiger charge is -2.39. The highest BCUT2D eigenvalue weighted by Crippen LogP contribution is 2.36. The second kappa shape index (κ2) is 11.3. The van der Waals surface area contributed by atoms with Gasteiger partial charge in [-0.1, -0.05) is 25.0 Å². The molecule has 0 radical (unpaired) electrons. The number of carboxylic acid groups (broad SMARTS) is 1. The molecule has 2 unspecified atom stereocenters. The topological polar surface area (TPSA) is 122 Å². The van der Waals surface area contributed by atoms with Crippen LogP contribution < -0.4 is 10.0 Å². The minimum absolute atomic E-state index is 0.178. The first kappa shape index (κ1) is 24.2. The maximum atomic E-state index is 12.6. The number of likely N-dealkylation sites (N-methyl/N-ethyl adjacent to an activating group) is 1. The summed E-state index contributed by atoms with van der Waals surface area (Å²) in [6.45, 7) is 5.66. The first-order valence-electron chi connectivity index (χ1n) is 9.75. The van der Waals surface area contributed by atoms with Crippen molar-refractivity contribution in [3.05, 3.63) is 34.9 Å². The lowest BCUT2D eigenvalue weighted by Crippen LogP contribution is -3.10. The summed E-state index contributed by atoms with van der Waals surface area (Å²) in [6, 6.07) is 5.16. The van der Waals surface area contributed by atoms with E-state index in [1.165, 1.54) is 0 Å². The molecule has 7 heteroatoms. The Balaban J connectivity index is 0.000000416. The van der Waals surface area contributed by atoms with E-state index >= 15 is 0 Å². The Morgan fingerprint density at radius 2 is 1.75 bits per heavy atom. The predicted octanol–water partition coefficient (Wildman–Crippen LogP) is -1.36. The smallest absolute Gasteiger partial charge is 0.195 e. The van der Waals surface area contributed by atoms with Gasteiger partial charge in [0.15, 0.2) is 5.78 Å². The summed E-state index contributed by atoms with van der Waals surface area (Å²) in [7, 11) is 1.94. The lowest BCUT2D eigenvalue weighted by molar-refractivity contribution is -0.880. The van der Waals surface area contributed by atoms with Crippen molar-refractivity contribution in [3.63, 3.8) is 0 Å². The van der Waals surface area contributed by atoms with Crippen LogP contribution in [0.5, 0.6) is 0 Å². The van der Waals surface area contributed by atoms with Gasteiger partial charge in [0.2, 0.25) is 0 Å². The minimum atomic E-state index is -1.83. The fraction of sp³-hybridized carbons (Fsp3) is 0.619. The molecule has 0 heterocycles. The molecule has 1 aliphatic rings. The van der Waals surface area contributed by atoms with E-state index in [1.54, 1.807) is 12.1 Å². The number of aliphatic hydroxyl groups excluding tert-OH is 2. The molecular weight excluding hydrogens is 362 g/mol. The molecule has 158 valence electrons. The number of aryl methyl sites for hydroxylation is 2. The molecule has 7 nitrogen and oxygen atoms in total. The number of carboxylic acids is 1. The van der Waals surface area contributed by atoms with E-state index < -0.39 is 23.3 Å². The largest absolute Gasteiger partial charge is 0.550 e. The van der Waals surface area contributed by atoms with Gasteiger partial charge in [0.05, 0.1) is 20.3 Å². The van der Waals surface area contributed by atoms with Crippen LogP contribution in [0.2, 0.25) is 0 Å². The third-order valence-electron chi connectivity index (χ3n) is 5.40. The van der Waals surface area contributed by atoms with E-state index in [1.807, 2.05) is 27.0 Å². The first-order valence-corrected chi connectivity index (χ1v) is 9.75. The maximum absolute atomic E-state index is 12.6.